The Labute approximate surface area is 169 Å². The summed E-state index contributed by atoms with van der Waals surface area (Å²) < 4.78 is 5.72. The Balaban J connectivity index is 1.46. The minimum absolute atomic E-state index is 0.444. The van der Waals surface area contributed by atoms with E-state index in [-0.39, 0.29) is 0 Å². The molecule has 0 spiro atoms. The molecule has 2 aromatic rings. The van der Waals surface area contributed by atoms with Gasteiger partial charge in [-0.1, -0.05) is 23.7 Å². The number of halogens is 1. The maximum atomic E-state index is 12.0. The molecular formula is C21H22ClN3O3. The SMILES string of the molecule is O=C(NN=Cc1ccc(OCc2ccc(Cl)cc2)cc1)C(=O)N1CCCCC1. The zero-order chi connectivity index (χ0) is 19.8. The second-order valence-electron chi connectivity index (χ2n) is 6.54. The van der Waals surface area contributed by atoms with Crippen molar-refractivity contribution in [1.29, 1.82) is 0 Å². The van der Waals surface area contributed by atoms with Crippen LogP contribution >= 0.6 is 11.6 Å². The van der Waals surface area contributed by atoms with Crippen LogP contribution in [0.1, 0.15) is 30.4 Å². The lowest BCUT2D eigenvalue weighted by atomic mass is 10.1. The number of hydrogen-bond acceptors (Lipinski definition) is 4. The zero-order valence-electron chi connectivity index (χ0n) is 15.4. The predicted octanol–water partition coefficient (Wildman–Crippen LogP) is 3.38. The molecule has 0 unspecified atom stereocenters. The Morgan fingerprint density at radius 2 is 1.71 bits per heavy atom. The molecule has 0 atom stereocenters. The summed E-state index contributed by atoms with van der Waals surface area (Å²) in [5.41, 5.74) is 4.10. The maximum absolute atomic E-state index is 12.0. The van der Waals surface area contributed by atoms with Crippen molar-refractivity contribution in [2.45, 2.75) is 25.9 Å². The number of hydrazone groups is 1. The molecule has 0 radical (unpaired) electrons. The van der Waals surface area contributed by atoms with Gasteiger partial charge < -0.3 is 9.64 Å². The van der Waals surface area contributed by atoms with Crippen LogP contribution in [0.2, 0.25) is 5.02 Å². The van der Waals surface area contributed by atoms with Crippen LogP contribution in [-0.4, -0.2) is 36.0 Å². The van der Waals surface area contributed by atoms with Crippen molar-refractivity contribution in [2.75, 3.05) is 13.1 Å². The molecule has 1 aliphatic heterocycles. The molecule has 1 aliphatic rings. The molecule has 1 saturated heterocycles. The van der Waals surface area contributed by atoms with Gasteiger partial charge in [-0.05, 0) is 66.8 Å². The van der Waals surface area contributed by atoms with E-state index in [1.165, 1.54) is 6.21 Å². The van der Waals surface area contributed by atoms with Crippen LogP contribution in [0.25, 0.3) is 0 Å². The van der Waals surface area contributed by atoms with Gasteiger partial charge in [-0.3, -0.25) is 9.59 Å². The highest BCUT2D eigenvalue weighted by molar-refractivity contribution is 6.35. The van der Waals surface area contributed by atoms with Gasteiger partial charge in [0, 0.05) is 18.1 Å². The van der Waals surface area contributed by atoms with Gasteiger partial charge in [-0.15, -0.1) is 0 Å². The van der Waals surface area contributed by atoms with Gasteiger partial charge in [-0.25, -0.2) is 5.43 Å². The molecule has 1 N–H and O–H groups in total. The lowest BCUT2D eigenvalue weighted by Gasteiger charge is -2.25. The Morgan fingerprint density at radius 3 is 2.39 bits per heavy atom. The molecule has 0 saturated carbocycles. The summed E-state index contributed by atoms with van der Waals surface area (Å²) in [6.45, 7) is 1.71. The van der Waals surface area contributed by atoms with Gasteiger partial charge >= 0.3 is 11.8 Å². The first kappa shape index (κ1) is 19.9. The van der Waals surface area contributed by atoms with E-state index in [1.807, 2.05) is 48.5 Å². The summed E-state index contributed by atoms with van der Waals surface area (Å²) in [7, 11) is 0. The first-order valence-electron chi connectivity index (χ1n) is 9.21. The summed E-state index contributed by atoms with van der Waals surface area (Å²) in [4.78, 5) is 25.5. The van der Waals surface area contributed by atoms with Crippen molar-refractivity contribution in [1.82, 2.24) is 10.3 Å². The fourth-order valence-corrected chi connectivity index (χ4v) is 2.98. The van der Waals surface area contributed by atoms with Crippen molar-refractivity contribution in [3.63, 3.8) is 0 Å². The van der Waals surface area contributed by atoms with Crippen LogP contribution in [0.5, 0.6) is 5.75 Å². The number of benzene rings is 2. The predicted molar refractivity (Wildman–Crippen MR) is 108 cm³/mol. The van der Waals surface area contributed by atoms with Crippen molar-refractivity contribution in [2.24, 2.45) is 5.10 Å². The van der Waals surface area contributed by atoms with Crippen molar-refractivity contribution in [3.8, 4) is 5.75 Å². The summed E-state index contributed by atoms with van der Waals surface area (Å²) >= 11 is 5.86. The summed E-state index contributed by atoms with van der Waals surface area (Å²) in [6.07, 6.45) is 4.47. The number of carbonyl (C=O) groups is 2. The first-order chi connectivity index (χ1) is 13.6. The first-order valence-corrected chi connectivity index (χ1v) is 9.59. The second kappa shape index (κ2) is 9.90. The molecule has 146 valence electrons. The molecule has 0 aromatic heterocycles. The van der Waals surface area contributed by atoms with Crippen LogP contribution in [0.15, 0.2) is 53.6 Å². The van der Waals surface area contributed by atoms with Crippen LogP contribution in [0.4, 0.5) is 0 Å². The highest BCUT2D eigenvalue weighted by Gasteiger charge is 2.22. The largest absolute Gasteiger partial charge is 0.489 e. The third-order valence-electron chi connectivity index (χ3n) is 4.42. The normalized spacial score (nSPS) is 14.1. The van der Waals surface area contributed by atoms with Gasteiger partial charge in [-0.2, -0.15) is 5.10 Å². The molecule has 3 rings (SSSR count). The van der Waals surface area contributed by atoms with E-state index >= 15 is 0 Å². The van der Waals surface area contributed by atoms with E-state index in [4.69, 9.17) is 16.3 Å². The lowest BCUT2D eigenvalue weighted by Crippen LogP contribution is -2.43. The molecule has 7 heteroatoms. The number of ether oxygens (including phenoxy) is 1. The minimum Gasteiger partial charge on any atom is -0.489 e. The molecule has 28 heavy (non-hydrogen) atoms. The standard InChI is InChI=1S/C21H22ClN3O3/c22-18-8-4-17(5-9-18)15-28-19-10-6-16(7-11-19)14-23-24-20(26)21(27)25-12-2-1-3-13-25/h4-11,14H,1-3,12-13,15H2,(H,24,26). The Bertz CT molecular complexity index is 829. The van der Waals surface area contributed by atoms with Gasteiger partial charge in [0.2, 0.25) is 0 Å². The zero-order valence-corrected chi connectivity index (χ0v) is 16.2. The van der Waals surface area contributed by atoms with Gasteiger partial charge in [0.05, 0.1) is 6.21 Å². The topological polar surface area (TPSA) is 71.0 Å². The average molecular weight is 400 g/mol. The Kier molecular flexibility index (Phi) is 7.03. The number of hydrogen-bond donors (Lipinski definition) is 1. The number of rotatable bonds is 5. The van der Waals surface area contributed by atoms with E-state index in [0.29, 0.717) is 24.7 Å². The van der Waals surface area contributed by atoms with Gasteiger partial charge in [0.15, 0.2) is 0 Å². The molecule has 2 aromatic carbocycles. The molecular weight excluding hydrogens is 378 g/mol. The summed E-state index contributed by atoms with van der Waals surface area (Å²) in [5, 5.41) is 4.56. The third kappa shape index (κ3) is 5.82. The van der Waals surface area contributed by atoms with E-state index in [0.717, 1.165) is 36.1 Å². The maximum Gasteiger partial charge on any atom is 0.329 e. The quantitative estimate of drug-likeness (QED) is 0.476. The molecule has 2 amide bonds. The van der Waals surface area contributed by atoms with Crippen LogP contribution < -0.4 is 10.2 Å². The number of carbonyl (C=O) groups excluding carboxylic acids is 2. The van der Waals surface area contributed by atoms with Crippen LogP contribution in [-0.2, 0) is 16.2 Å². The Hall–Kier alpha value is -2.86. The second-order valence-corrected chi connectivity index (χ2v) is 6.97. The number of amides is 2. The summed E-state index contributed by atoms with van der Waals surface area (Å²) in [6, 6.07) is 14.7. The van der Waals surface area contributed by atoms with Gasteiger partial charge in [0.25, 0.3) is 0 Å². The molecule has 6 nitrogen and oxygen atoms in total. The van der Waals surface area contributed by atoms with E-state index in [1.54, 1.807) is 4.90 Å². The van der Waals surface area contributed by atoms with Crippen LogP contribution in [0.3, 0.4) is 0 Å². The van der Waals surface area contributed by atoms with E-state index in [9.17, 15) is 9.59 Å². The van der Waals surface area contributed by atoms with E-state index in [2.05, 4.69) is 10.5 Å². The highest BCUT2D eigenvalue weighted by atomic mass is 35.5. The number of likely N-dealkylation sites (tertiary alicyclic amines) is 1. The molecule has 1 fully saturated rings. The third-order valence-corrected chi connectivity index (χ3v) is 4.67. The van der Waals surface area contributed by atoms with Crippen LogP contribution in [0, 0.1) is 0 Å². The number of nitrogens with zero attached hydrogens (tertiary/aromatic N) is 2. The average Bonchev–Trinajstić information content (AvgIpc) is 2.74. The van der Waals surface area contributed by atoms with Crippen molar-refractivity contribution < 1.29 is 14.3 Å². The number of piperidine rings is 1. The fraction of sp³-hybridized carbons (Fsp3) is 0.286. The van der Waals surface area contributed by atoms with E-state index < -0.39 is 11.8 Å². The molecule has 0 aliphatic carbocycles. The van der Waals surface area contributed by atoms with Gasteiger partial charge in [0.1, 0.15) is 12.4 Å². The highest BCUT2D eigenvalue weighted by Crippen LogP contribution is 2.15. The monoisotopic (exact) mass is 399 g/mol. The Morgan fingerprint density at radius 1 is 1.04 bits per heavy atom. The fourth-order valence-electron chi connectivity index (χ4n) is 2.85. The summed E-state index contributed by atoms with van der Waals surface area (Å²) in [5.74, 6) is -0.514. The number of nitrogens with one attached hydrogen (secondary N) is 1. The molecule has 0 bridgehead atoms. The van der Waals surface area contributed by atoms with Crippen molar-refractivity contribution >= 4 is 29.6 Å². The molecule has 1 heterocycles. The minimum atomic E-state index is -0.707. The lowest BCUT2D eigenvalue weighted by molar-refractivity contribution is -0.146. The van der Waals surface area contributed by atoms with Crippen molar-refractivity contribution in [3.05, 3.63) is 64.7 Å². The smallest absolute Gasteiger partial charge is 0.329 e.